The second-order valence-corrected chi connectivity index (χ2v) is 3.34. The van der Waals surface area contributed by atoms with Gasteiger partial charge in [-0.05, 0) is 25.1 Å². The topological polar surface area (TPSA) is 27.1 Å². The van der Waals surface area contributed by atoms with E-state index in [1.165, 1.54) is 0 Å². The first-order valence-corrected chi connectivity index (χ1v) is 4.88. The van der Waals surface area contributed by atoms with Gasteiger partial charge in [-0.2, -0.15) is 0 Å². The number of nitrogens with zero attached hydrogens (tertiary/aromatic N) is 2. The Bertz CT molecular complexity index is 439. The van der Waals surface area contributed by atoms with Gasteiger partial charge in [0, 0.05) is 18.2 Å². The minimum atomic E-state index is 0.508. The molecule has 0 bridgehead atoms. The van der Waals surface area contributed by atoms with Crippen LogP contribution in [0.1, 0.15) is 6.92 Å². The van der Waals surface area contributed by atoms with Crippen LogP contribution in [0.4, 0.5) is 0 Å². The van der Waals surface area contributed by atoms with E-state index >= 15 is 0 Å². The Morgan fingerprint density at radius 3 is 3.07 bits per heavy atom. The van der Waals surface area contributed by atoms with Gasteiger partial charge in [0.15, 0.2) is 0 Å². The average molecular weight is 211 g/mol. The summed E-state index contributed by atoms with van der Waals surface area (Å²) >= 11 is 5.82. The third kappa shape index (κ3) is 1.74. The molecule has 3 nitrogen and oxygen atoms in total. The van der Waals surface area contributed by atoms with E-state index in [9.17, 15) is 0 Å². The molecule has 0 aliphatic rings. The molecular formula is C10H11ClN2O. The van der Waals surface area contributed by atoms with Crippen LogP contribution in [0.25, 0.3) is 11.0 Å². The van der Waals surface area contributed by atoms with E-state index in [2.05, 4.69) is 4.98 Å². The molecule has 0 aromatic carbocycles. The molecule has 0 atom stereocenters. The third-order valence-corrected chi connectivity index (χ3v) is 2.22. The zero-order chi connectivity index (χ0) is 9.97. The van der Waals surface area contributed by atoms with Gasteiger partial charge in [0.1, 0.15) is 17.5 Å². The van der Waals surface area contributed by atoms with Gasteiger partial charge in [0.05, 0.1) is 0 Å². The molecule has 0 spiro atoms. The lowest BCUT2D eigenvalue weighted by molar-refractivity contribution is 0.0905. The summed E-state index contributed by atoms with van der Waals surface area (Å²) in [6.07, 6.45) is 1.95. The van der Waals surface area contributed by atoms with Crippen LogP contribution in [0.2, 0.25) is 5.15 Å². The van der Waals surface area contributed by atoms with E-state index < -0.39 is 0 Å². The van der Waals surface area contributed by atoms with Crippen molar-refractivity contribution in [3.8, 4) is 0 Å². The van der Waals surface area contributed by atoms with Crippen LogP contribution in [-0.4, -0.2) is 16.2 Å². The van der Waals surface area contributed by atoms with Gasteiger partial charge in [0.2, 0.25) is 0 Å². The number of ether oxygens (including phenoxy) is 1. The number of halogens is 1. The van der Waals surface area contributed by atoms with Gasteiger partial charge in [-0.3, -0.25) is 0 Å². The molecule has 2 aromatic rings. The van der Waals surface area contributed by atoms with E-state index in [4.69, 9.17) is 16.3 Å². The summed E-state index contributed by atoms with van der Waals surface area (Å²) in [6.45, 7) is 3.18. The highest BCUT2D eigenvalue weighted by Crippen LogP contribution is 2.16. The van der Waals surface area contributed by atoms with Gasteiger partial charge >= 0.3 is 0 Å². The van der Waals surface area contributed by atoms with Gasteiger partial charge in [-0.25, -0.2) is 4.98 Å². The van der Waals surface area contributed by atoms with Crippen molar-refractivity contribution in [1.29, 1.82) is 0 Å². The Balaban J connectivity index is 2.40. The Labute approximate surface area is 87.3 Å². The number of pyridine rings is 1. The van der Waals surface area contributed by atoms with Crippen LogP contribution >= 0.6 is 11.6 Å². The summed E-state index contributed by atoms with van der Waals surface area (Å²) in [5.74, 6) is 0. The molecule has 4 heteroatoms. The molecule has 0 saturated heterocycles. The van der Waals surface area contributed by atoms with E-state index in [1.807, 2.05) is 29.8 Å². The van der Waals surface area contributed by atoms with Gasteiger partial charge < -0.3 is 9.30 Å². The highest BCUT2D eigenvalue weighted by Gasteiger charge is 2.02. The standard InChI is InChI=1S/C10H11ClN2O/c1-2-14-7-13-6-5-8-3-4-9(11)12-10(8)13/h3-6H,2,7H2,1H3. The van der Waals surface area contributed by atoms with Crippen molar-refractivity contribution < 1.29 is 4.74 Å². The lowest BCUT2D eigenvalue weighted by atomic mass is 10.3. The zero-order valence-corrected chi connectivity index (χ0v) is 8.66. The molecule has 0 aliphatic heterocycles. The van der Waals surface area contributed by atoms with Crippen molar-refractivity contribution in [2.24, 2.45) is 0 Å². The maximum absolute atomic E-state index is 5.82. The zero-order valence-electron chi connectivity index (χ0n) is 7.90. The summed E-state index contributed by atoms with van der Waals surface area (Å²) in [4.78, 5) is 4.24. The lowest BCUT2D eigenvalue weighted by Gasteiger charge is -2.03. The van der Waals surface area contributed by atoms with Crippen molar-refractivity contribution in [1.82, 2.24) is 9.55 Å². The fraction of sp³-hybridized carbons (Fsp3) is 0.300. The summed E-state index contributed by atoms with van der Waals surface area (Å²) in [5, 5.41) is 1.59. The molecule has 74 valence electrons. The first-order valence-electron chi connectivity index (χ1n) is 4.50. The number of fused-ring (bicyclic) bond motifs is 1. The molecule has 0 N–H and O–H groups in total. The summed E-state index contributed by atoms with van der Waals surface area (Å²) in [7, 11) is 0. The number of hydrogen-bond donors (Lipinski definition) is 0. The second-order valence-electron chi connectivity index (χ2n) is 2.95. The van der Waals surface area contributed by atoms with Crippen LogP contribution in [0, 0.1) is 0 Å². The Kier molecular flexibility index (Phi) is 2.70. The minimum Gasteiger partial charge on any atom is -0.361 e. The van der Waals surface area contributed by atoms with E-state index in [0.717, 1.165) is 11.0 Å². The van der Waals surface area contributed by atoms with E-state index in [-0.39, 0.29) is 0 Å². The van der Waals surface area contributed by atoms with Crippen LogP contribution in [0.5, 0.6) is 0 Å². The molecule has 0 fully saturated rings. The van der Waals surface area contributed by atoms with Crippen molar-refractivity contribution in [2.75, 3.05) is 6.61 Å². The van der Waals surface area contributed by atoms with Crippen LogP contribution in [0.15, 0.2) is 24.4 Å². The van der Waals surface area contributed by atoms with Crippen LogP contribution in [-0.2, 0) is 11.5 Å². The number of aromatic nitrogens is 2. The summed E-state index contributed by atoms with van der Waals surface area (Å²) < 4.78 is 7.24. The molecule has 0 radical (unpaired) electrons. The molecule has 0 aliphatic carbocycles. The molecule has 14 heavy (non-hydrogen) atoms. The molecule has 0 amide bonds. The first kappa shape index (κ1) is 9.49. The maximum Gasteiger partial charge on any atom is 0.143 e. The highest BCUT2D eigenvalue weighted by atomic mass is 35.5. The fourth-order valence-electron chi connectivity index (χ4n) is 1.33. The number of hydrogen-bond acceptors (Lipinski definition) is 2. The average Bonchev–Trinajstić information content (AvgIpc) is 2.57. The largest absolute Gasteiger partial charge is 0.361 e. The molecule has 0 unspecified atom stereocenters. The van der Waals surface area contributed by atoms with E-state index in [1.54, 1.807) is 6.07 Å². The first-order chi connectivity index (χ1) is 6.81. The van der Waals surface area contributed by atoms with Crippen LogP contribution in [0.3, 0.4) is 0 Å². The summed E-state index contributed by atoms with van der Waals surface area (Å²) in [6, 6.07) is 5.74. The van der Waals surface area contributed by atoms with Crippen molar-refractivity contribution in [2.45, 2.75) is 13.7 Å². The smallest absolute Gasteiger partial charge is 0.143 e. The SMILES string of the molecule is CCOCn1ccc2ccc(Cl)nc21. The quantitative estimate of drug-likeness (QED) is 0.729. The van der Waals surface area contributed by atoms with Crippen molar-refractivity contribution in [3.63, 3.8) is 0 Å². The van der Waals surface area contributed by atoms with Gasteiger partial charge in [0.25, 0.3) is 0 Å². The summed E-state index contributed by atoms with van der Waals surface area (Å²) in [5.41, 5.74) is 0.867. The highest BCUT2D eigenvalue weighted by molar-refractivity contribution is 6.29. The second kappa shape index (κ2) is 3.98. The molecule has 2 heterocycles. The Morgan fingerprint density at radius 2 is 2.29 bits per heavy atom. The Hall–Kier alpha value is -1.06. The number of rotatable bonds is 3. The van der Waals surface area contributed by atoms with Gasteiger partial charge in [-0.15, -0.1) is 0 Å². The molecule has 2 rings (SSSR count). The maximum atomic E-state index is 5.82. The third-order valence-electron chi connectivity index (χ3n) is 2.01. The lowest BCUT2D eigenvalue weighted by Crippen LogP contribution is -2.01. The van der Waals surface area contributed by atoms with Crippen LogP contribution < -0.4 is 0 Å². The molecule has 2 aromatic heterocycles. The van der Waals surface area contributed by atoms with Gasteiger partial charge in [-0.1, -0.05) is 11.6 Å². The monoisotopic (exact) mass is 210 g/mol. The van der Waals surface area contributed by atoms with Crippen molar-refractivity contribution in [3.05, 3.63) is 29.5 Å². The molecule has 0 saturated carbocycles. The predicted molar refractivity (Wildman–Crippen MR) is 56.4 cm³/mol. The predicted octanol–water partition coefficient (Wildman–Crippen LogP) is 2.68. The fourth-order valence-corrected chi connectivity index (χ4v) is 1.47. The van der Waals surface area contributed by atoms with E-state index in [0.29, 0.717) is 18.5 Å². The normalized spacial score (nSPS) is 11.0. The Morgan fingerprint density at radius 1 is 1.43 bits per heavy atom. The van der Waals surface area contributed by atoms with Crippen molar-refractivity contribution >= 4 is 22.6 Å². The minimum absolute atomic E-state index is 0.508. The molecular weight excluding hydrogens is 200 g/mol.